The van der Waals surface area contributed by atoms with Crippen molar-refractivity contribution in [2.45, 2.75) is 44.7 Å². The van der Waals surface area contributed by atoms with Crippen LogP contribution in [-0.2, 0) is 11.2 Å². The third kappa shape index (κ3) is 4.12. The fourth-order valence-electron chi connectivity index (χ4n) is 5.28. The number of nitrogens with zero attached hydrogens (tertiary/aromatic N) is 3. The predicted octanol–water partition coefficient (Wildman–Crippen LogP) is 5.21. The van der Waals surface area contributed by atoms with Crippen LogP contribution < -0.4 is 5.32 Å². The summed E-state index contributed by atoms with van der Waals surface area (Å²) in [6.45, 7) is 2.08. The molecule has 7 heteroatoms. The molecule has 2 N–H and O–H groups in total. The topological polar surface area (TPSA) is 101 Å². The number of aliphatic carboxylic acids is 1. The SMILES string of the molecule is Cc1cc(-c2nc(-c3ccc4c(c3)CCC4N[C@H]3C[C@H](C(=O)O)C3)no2)ccc1-c1ccncc1. The quantitative estimate of drug-likeness (QED) is 0.402. The highest BCUT2D eigenvalue weighted by Crippen LogP contribution is 2.37. The Balaban J connectivity index is 1.18. The van der Waals surface area contributed by atoms with Crippen molar-refractivity contribution in [2.75, 3.05) is 0 Å². The van der Waals surface area contributed by atoms with Gasteiger partial charge in [0.15, 0.2) is 0 Å². The zero-order valence-corrected chi connectivity index (χ0v) is 19.4. The maximum atomic E-state index is 11.1. The molecule has 0 saturated heterocycles. The number of carboxylic acid groups (broad SMARTS) is 1. The molecule has 2 aromatic carbocycles. The van der Waals surface area contributed by atoms with Gasteiger partial charge < -0.3 is 14.9 Å². The van der Waals surface area contributed by atoms with Crippen molar-refractivity contribution in [3.63, 3.8) is 0 Å². The molecular formula is C28H26N4O3. The molecule has 176 valence electrons. The van der Waals surface area contributed by atoms with E-state index in [1.54, 1.807) is 12.4 Å². The van der Waals surface area contributed by atoms with Crippen LogP contribution in [0.15, 0.2) is 65.4 Å². The minimum Gasteiger partial charge on any atom is -0.481 e. The normalized spacial score (nSPS) is 20.9. The summed E-state index contributed by atoms with van der Waals surface area (Å²) < 4.78 is 5.62. The van der Waals surface area contributed by atoms with Gasteiger partial charge in [0.2, 0.25) is 5.82 Å². The average Bonchev–Trinajstić information content (AvgIpc) is 3.48. The number of fused-ring (bicyclic) bond motifs is 1. The molecule has 0 aliphatic heterocycles. The minimum absolute atomic E-state index is 0.196. The number of pyridine rings is 1. The maximum absolute atomic E-state index is 11.1. The molecule has 2 heterocycles. The molecule has 1 saturated carbocycles. The summed E-state index contributed by atoms with van der Waals surface area (Å²) in [6, 6.07) is 17.1. The van der Waals surface area contributed by atoms with Gasteiger partial charge in [-0.25, -0.2) is 0 Å². The lowest BCUT2D eigenvalue weighted by atomic mass is 9.80. The van der Waals surface area contributed by atoms with Crippen molar-refractivity contribution in [1.82, 2.24) is 20.4 Å². The van der Waals surface area contributed by atoms with E-state index >= 15 is 0 Å². The lowest BCUT2D eigenvalue weighted by Gasteiger charge is -2.35. The first-order chi connectivity index (χ1) is 17.0. The van der Waals surface area contributed by atoms with E-state index in [0.29, 0.717) is 30.6 Å². The van der Waals surface area contributed by atoms with Crippen LogP contribution in [0.2, 0.25) is 0 Å². The van der Waals surface area contributed by atoms with Gasteiger partial charge in [-0.3, -0.25) is 9.78 Å². The highest BCUT2D eigenvalue weighted by Gasteiger charge is 2.36. The van der Waals surface area contributed by atoms with E-state index in [9.17, 15) is 4.79 Å². The van der Waals surface area contributed by atoms with Crippen LogP contribution in [-0.4, -0.2) is 32.2 Å². The molecule has 0 radical (unpaired) electrons. The molecule has 2 aliphatic rings. The summed E-state index contributed by atoms with van der Waals surface area (Å²) >= 11 is 0. The lowest BCUT2D eigenvalue weighted by molar-refractivity contribution is -0.145. The van der Waals surface area contributed by atoms with Gasteiger partial charge >= 0.3 is 5.97 Å². The fourth-order valence-corrected chi connectivity index (χ4v) is 5.28. The second kappa shape index (κ2) is 8.74. The van der Waals surface area contributed by atoms with Gasteiger partial charge in [-0.1, -0.05) is 23.4 Å². The zero-order chi connectivity index (χ0) is 23.9. The first-order valence-electron chi connectivity index (χ1n) is 12.0. The molecule has 7 nitrogen and oxygen atoms in total. The van der Waals surface area contributed by atoms with Crippen molar-refractivity contribution in [1.29, 1.82) is 0 Å². The van der Waals surface area contributed by atoms with Crippen molar-refractivity contribution in [2.24, 2.45) is 5.92 Å². The van der Waals surface area contributed by atoms with Crippen LogP contribution in [0.3, 0.4) is 0 Å². The number of aryl methyl sites for hydroxylation is 2. The Bertz CT molecular complexity index is 1390. The number of carbonyl (C=O) groups is 1. The zero-order valence-electron chi connectivity index (χ0n) is 19.4. The van der Waals surface area contributed by atoms with Gasteiger partial charge in [0.25, 0.3) is 5.89 Å². The van der Waals surface area contributed by atoms with Gasteiger partial charge in [-0.2, -0.15) is 4.98 Å². The molecule has 2 aromatic heterocycles. The predicted molar refractivity (Wildman–Crippen MR) is 131 cm³/mol. The highest BCUT2D eigenvalue weighted by atomic mass is 16.5. The number of carboxylic acids is 1. The molecule has 35 heavy (non-hydrogen) atoms. The molecule has 0 bridgehead atoms. The summed E-state index contributed by atoms with van der Waals surface area (Å²) in [4.78, 5) is 19.8. The molecule has 1 atom stereocenters. The van der Waals surface area contributed by atoms with Crippen molar-refractivity contribution >= 4 is 5.97 Å². The van der Waals surface area contributed by atoms with E-state index in [4.69, 9.17) is 9.63 Å². The number of hydrogen-bond donors (Lipinski definition) is 2. The van der Waals surface area contributed by atoms with E-state index < -0.39 is 5.97 Å². The molecule has 0 amide bonds. The summed E-state index contributed by atoms with van der Waals surface area (Å²) in [5.74, 6) is 0.207. The second-order valence-corrected chi connectivity index (χ2v) is 9.56. The summed E-state index contributed by atoms with van der Waals surface area (Å²) in [5.41, 5.74) is 7.82. The third-order valence-electron chi connectivity index (χ3n) is 7.29. The Kier molecular flexibility index (Phi) is 5.41. The highest BCUT2D eigenvalue weighted by molar-refractivity contribution is 5.72. The van der Waals surface area contributed by atoms with E-state index in [2.05, 4.69) is 51.6 Å². The molecule has 1 fully saturated rings. The Morgan fingerprint density at radius 1 is 1.03 bits per heavy atom. The molecular weight excluding hydrogens is 440 g/mol. The Morgan fingerprint density at radius 3 is 2.60 bits per heavy atom. The first kappa shape index (κ1) is 21.7. The molecule has 1 unspecified atom stereocenters. The lowest BCUT2D eigenvalue weighted by Crippen LogP contribution is -2.45. The maximum Gasteiger partial charge on any atom is 0.306 e. The van der Waals surface area contributed by atoms with Crippen LogP contribution >= 0.6 is 0 Å². The van der Waals surface area contributed by atoms with Gasteiger partial charge in [0, 0.05) is 35.6 Å². The Morgan fingerprint density at radius 2 is 1.83 bits per heavy atom. The van der Waals surface area contributed by atoms with Gasteiger partial charge in [0.1, 0.15) is 0 Å². The Labute approximate surface area is 203 Å². The second-order valence-electron chi connectivity index (χ2n) is 9.56. The van der Waals surface area contributed by atoms with Crippen LogP contribution in [0.25, 0.3) is 34.0 Å². The van der Waals surface area contributed by atoms with E-state index in [-0.39, 0.29) is 12.0 Å². The fraction of sp³-hybridized carbons (Fsp3) is 0.286. The van der Waals surface area contributed by atoms with Crippen LogP contribution in [0.1, 0.15) is 42.0 Å². The van der Waals surface area contributed by atoms with Crippen LogP contribution in [0, 0.1) is 12.8 Å². The largest absolute Gasteiger partial charge is 0.481 e. The first-order valence-corrected chi connectivity index (χ1v) is 12.0. The van der Waals surface area contributed by atoms with E-state index in [0.717, 1.165) is 40.7 Å². The van der Waals surface area contributed by atoms with Crippen LogP contribution in [0.4, 0.5) is 0 Å². The smallest absolute Gasteiger partial charge is 0.306 e. The molecule has 4 aromatic rings. The van der Waals surface area contributed by atoms with E-state index in [1.165, 1.54) is 11.1 Å². The third-order valence-corrected chi connectivity index (χ3v) is 7.29. The van der Waals surface area contributed by atoms with Gasteiger partial charge in [-0.15, -0.1) is 0 Å². The monoisotopic (exact) mass is 466 g/mol. The van der Waals surface area contributed by atoms with Crippen LogP contribution in [0.5, 0.6) is 0 Å². The van der Waals surface area contributed by atoms with Crippen molar-refractivity contribution in [3.05, 3.63) is 77.6 Å². The van der Waals surface area contributed by atoms with Gasteiger partial charge in [-0.05, 0) is 90.8 Å². The van der Waals surface area contributed by atoms with Crippen molar-refractivity contribution in [3.8, 4) is 34.0 Å². The number of nitrogens with one attached hydrogen (secondary N) is 1. The number of rotatable bonds is 6. The molecule has 0 spiro atoms. The van der Waals surface area contributed by atoms with Crippen molar-refractivity contribution < 1.29 is 14.4 Å². The number of hydrogen-bond acceptors (Lipinski definition) is 6. The number of benzene rings is 2. The average molecular weight is 467 g/mol. The van der Waals surface area contributed by atoms with E-state index in [1.807, 2.05) is 24.3 Å². The molecule has 2 aliphatic carbocycles. The summed E-state index contributed by atoms with van der Waals surface area (Å²) in [6.07, 6.45) is 7.03. The Hall–Kier alpha value is -3.84. The standard InChI is InChI=1S/C28H26N4O3/c1-16-12-20(3-5-23(16)17-8-10-29-11-9-17)27-31-26(32-35-27)19-2-6-24-18(13-19)4-7-25(24)30-22-14-21(15-22)28(33)34/h2-3,5-6,8-13,21-22,25,30H,4,7,14-15H2,1H3,(H,33,34)/t21-,22-,25?. The summed E-state index contributed by atoms with van der Waals surface area (Å²) in [7, 11) is 0. The number of aromatic nitrogens is 3. The minimum atomic E-state index is -0.682. The summed E-state index contributed by atoms with van der Waals surface area (Å²) in [5, 5.41) is 17.0. The van der Waals surface area contributed by atoms with Gasteiger partial charge in [0.05, 0.1) is 5.92 Å². The molecule has 6 rings (SSSR count).